The van der Waals surface area contributed by atoms with Crippen LogP contribution in [-0.4, -0.2) is 9.55 Å². The van der Waals surface area contributed by atoms with Gasteiger partial charge in [0.1, 0.15) is 28.2 Å². The first-order valence-electron chi connectivity index (χ1n) is 31.8. The van der Waals surface area contributed by atoms with Crippen molar-refractivity contribution in [2.45, 2.75) is 0 Å². The second-order valence-corrected chi connectivity index (χ2v) is 24.4. The molecule has 0 fully saturated rings. The van der Waals surface area contributed by atoms with Crippen molar-refractivity contribution in [3.8, 4) is 95.0 Å². The predicted molar refractivity (Wildman–Crippen MR) is 389 cm³/mol. The molecule has 0 radical (unpaired) electrons. The molecule has 3 aromatic heterocycles. The summed E-state index contributed by atoms with van der Waals surface area (Å²) in [5.74, 6) is 0.909. The minimum absolute atomic E-state index is 0.860. The number of para-hydroxylation sites is 5. The Bertz CT molecular complexity index is 6210. The lowest BCUT2D eigenvalue weighted by Crippen LogP contribution is -1.97. The maximum atomic E-state index is 7.16. The normalized spacial score (nSPS) is 11.9. The molecule has 4 heteroatoms. The van der Waals surface area contributed by atoms with E-state index in [-0.39, 0.29) is 0 Å². The van der Waals surface area contributed by atoms with Crippen LogP contribution in [0, 0.1) is 0 Å². The lowest BCUT2D eigenvalue weighted by atomic mass is 9.84. The number of furan rings is 2. The van der Waals surface area contributed by atoms with E-state index in [2.05, 4.69) is 332 Å². The van der Waals surface area contributed by atoms with Gasteiger partial charge in [0.2, 0.25) is 0 Å². The highest BCUT2D eigenvalue weighted by Crippen LogP contribution is 2.52. The fraction of sp³-hybridized carbons (Fsp3) is 0. The second-order valence-electron chi connectivity index (χ2n) is 24.4. The topological polar surface area (TPSA) is 44.1 Å². The lowest BCUT2D eigenvalue weighted by molar-refractivity contribution is 0.670. The number of rotatable bonds is 9. The third kappa shape index (κ3) is 8.57. The predicted octanol–water partition coefficient (Wildman–Crippen LogP) is 24.8. The van der Waals surface area contributed by atoms with Crippen molar-refractivity contribution in [1.29, 1.82) is 0 Å². The molecular weight excluding hydrogens is 1130 g/mol. The summed E-state index contributed by atoms with van der Waals surface area (Å²) in [6.07, 6.45) is 0. The number of benzene rings is 16. The maximum absolute atomic E-state index is 7.16. The van der Waals surface area contributed by atoms with Crippen molar-refractivity contribution in [2.24, 2.45) is 0 Å². The number of aromatic nitrogens is 2. The Hall–Kier alpha value is -12.4. The number of hydrogen-bond donors (Lipinski definition) is 0. The van der Waals surface area contributed by atoms with E-state index in [1.54, 1.807) is 0 Å². The van der Waals surface area contributed by atoms with Crippen molar-refractivity contribution in [3.05, 3.63) is 328 Å². The molecule has 16 aromatic carbocycles. The first-order valence-corrected chi connectivity index (χ1v) is 31.8. The van der Waals surface area contributed by atoms with Crippen LogP contribution in [0.15, 0.2) is 336 Å². The van der Waals surface area contributed by atoms with Gasteiger partial charge in [-0.1, -0.05) is 261 Å². The van der Waals surface area contributed by atoms with Gasteiger partial charge in [0, 0.05) is 55.0 Å². The first kappa shape index (κ1) is 52.6. The molecule has 0 aliphatic rings. The SMILES string of the molecule is c1ccc(-c2c(-c3ccc(-c4ccc(-c5nc6ccccc6n5-c5ccccc5)cc4)cc3)c3cc(-c4cccc(-c5c(-c6ccc7cc(-c8ccc9ccccc9c8)ccc7c6)c6ccccc6c6c5oc5ccccc56)c4)ccc3c3c2oc2ccccc23)cc1. The maximum Gasteiger partial charge on any atom is 0.145 e. The molecular formula is C89H54N2O2. The molecule has 0 unspecified atom stereocenters. The fourth-order valence-corrected chi connectivity index (χ4v) is 14.8. The molecule has 93 heavy (non-hydrogen) atoms. The number of hydrogen-bond acceptors (Lipinski definition) is 3. The molecule has 19 aromatic rings. The average Bonchev–Trinajstić information content (AvgIpc) is 1.72. The van der Waals surface area contributed by atoms with E-state index < -0.39 is 0 Å². The van der Waals surface area contributed by atoms with E-state index in [1.807, 2.05) is 0 Å². The Balaban J connectivity index is 0.774. The van der Waals surface area contributed by atoms with Crippen LogP contribution in [0.3, 0.4) is 0 Å². The quantitative estimate of drug-likeness (QED) is 0.145. The zero-order chi connectivity index (χ0) is 61.1. The molecule has 0 spiro atoms. The molecule has 0 saturated carbocycles. The molecule has 0 atom stereocenters. The van der Waals surface area contributed by atoms with Gasteiger partial charge in [-0.3, -0.25) is 4.57 Å². The summed E-state index contributed by atoms with van der Waals surface area (Å²) in [4.78, 5) is 5.16. The van der Waals surface area contributed by atoms with E-state index in [4.69, 9.17) is 13.8 Å². The number of nitrogens with zero attached hydrogens (tertiary/aromatic N) is 2. The van der Waals surface area contributed by atoms with Gasteiger partial charge in [0.05, 0.1) is 11.0 Å². The first-order chi connectivity index (χ1) is 46.1. The summed E-state index contributed by atoms with van der Waals surface area (Å²) in [7, 11) is 0. The van der Waals surface area contributed by atoms with E-state index in [0.717, 1.165) is 155 Å². The standard InChI is InChI=1S/C89H54N2O2/c1-3-19-58(20-4-1)83-81(59-39-34-56(35-40-59)57-36-41-60(42-37-57)89-90-77-30-13-14-31-78(77)91(89)70-24-5-2-6-25-70)76-54-67(48-49-73(76)86-75-29-12-16-33-80(75)92-87(83)86)62-22-17-23-68(52-62)84-82(71-26-9-10-27-72(71)85-74-28-11-15-32-79(74)93-88(84)85)69-47-46-65-51-64(44-45-66(65)53-69)63-43-38-55-18-7-8-21-61(55)50-63/h1-54H. The molecule has 0 N–H and O–H groups in total. The number of imidazole rings is 1. The Kier molecular flexibility index (Phi) is 11.9. The molecule has 0 saturated heterocycles. The van der Waals surface area contributed by atoms with Crippen molar-refractivity contribution in [1.82, 2.24) is 9.55 Å². The van der Waals surface area contributed by atoms with E-state index in [1.165, 1.54) is 38.1 Å². The smallest absolute Gasteiger partial charge is 0.145 e. The molecule has 3 heterocycles. The molecule has 432 valence electrons. The fourth-order valence-electron chi connectivity index (χ4n) is 14.8. The van der Waals surface area contributed by atoms with Gasteiger partial charge in [-0.25, -0.2) is 4.98 Å². The molecule has 4 nitrogen and oxygen atoms in total. The van der Waals surface area contributed by atoms with E-state index in [9.17, 15) is 0 Å². The highest BCUT2D eigenvalue weighted by molar-refractivity contribution is 6.29. The van der Waals surface area contributed by atoms with Gasteiger partial charge in [0.15, 0.2) is 0 Å². The van der Waals surface area contributed by atoms with Gasteiger partial charge in [-0.05, 0) is 165 Å². The van der Waals surface area contributed by atoms with Crippen molar-refractivity contribution < 1.29 is 8.83 Å². The van der Waals surface area contributed by atoms with Crippen LogP contribution >= 0.6 is 0 Å². The zero-order valence-electron chi connectivity index (χ0n) is 50.4. The Morgan fingerprint density at radius 1 is 0.237 bits per heavy atom. The van der Waals surface area contributed by atoms with Crippen LogP contribution in [0.2, 0.25) is 0 Å². The third-order valence-corrected chi connectivity index (χ3v) is 19.2. The zero-order valence-corrected chi connectivity index (χ0v) is 50.4. The summed E-state index contributed by atoms with van der Waals surface area (Å²) < 4.78 is 16.5. The summed E-state index contributed by atoms with van der Waals surface area (Å²) in [6, 6.07) is 119. The Morgan fingerprint density at radius 2 is 0.656 bits per heavy atom. The van der Waals surface area contributed by atoms with Gasteiger partial charge in [-0.15, -0.1) is 0 Å². The molecule has 0 amide bonds. The van der Waals surface area contributed by atoms with Crippen molar-refractivity contribution in [3.63, 3.8) is 0 Å². The van der Waals surface area contributed by atoms with Crippen LogP contribution in [-0.2, 0) is 0 Å². The van der Waals surface area contributed by atoms with Crippen LogP contribution in [0.4, 0.5) is 0 Å². The second kappa shape index (κ2) is 21.1. The Labute approximate surface area is 535 Å². The number of fused-ring (bicyclic) bond motifs is 13. The lowest BCUT2D eigenvalue weighted by Gasteiger charge is -2.18. The average molecular weight is 1180 g/mol. The van der Waals surface area contributed by atoms with Crippen LogP contribution in [0.1, 0.15) is 0 Å². The third-order valence-electron chi connectivity index (χ3n) is 19.2. The summed E-state index contributed by atoms with van der Waals surface area (Å²) in [5, 5.41) is 13.9. The van der Waals surface area contributed by atoms with Crippen molar-refractivity contribution in [2.75, 3.05) is 0 Å². The highest BCUT2D eigenvalue weighted by atomic mass is 16.3. The van der Waals surface area contributed by atoms with E-state index in [0.29, 0.717) is 0 Å². The van der Waals surface area contributed by atoms with Crippen LogP contribution < -0.4 is 0 Å². The van der Waals surface area contributed by atoms with Gasteiger partial charge in [0.25, 0.3) is 0 Å². The Morgan fingerprint density at radius 3 is 1.35 bits per heavy atom. The molecule has 19 rings (SSSR count). The summed E-state index contributed by atoms with van der Waals surface area (Å²) in [5.41, 5.74) is 23.2. The minimum Gasteiger partial charge on any atom is -0.455 e. The van der Waals surface area contributed by atoms with Crippen LogP contribution in [0.25, 0.3) is 193 Å². The largest absolute Gasteiger partial charge is 0.455 e. The van der Waals surface area contributed by atoms with E-state index >= 15 is 0 Å². The highest BCUT2D eigenvalue weighted by Gasteiger charge is 2.26. The van der Waals surface area contributed by atoms with Crippen LogP contribution in [0.5, 0.6) is 0 Å². The van der Waals surface area contributed by atoms with Gasteiger partial charge >= 0.3 is 0 Å². The summed E-state index contributed by atoms with van der Waals surface area (Å²) >= 11 is 0. The monoisotopic (exact) mass is 1180 g/mol. The molecule has 0 aliphatic carbocycles. The molecule has 0 aliphatic heterocycles. The van der Waals surface area contributed by atoms with Crippen molar-refractivity contribution >= 4 is 98.0 Å². The summed E-state index contributed by atoms with van der Waals surface area (Å²) in [6.45, 7) is 0. The molecule has 0 bridgehead atoms. The van der Waals surface area contributed by atoms with Gasteiger partial charge in [-0.2, -0.15) is 0 Å². The minimum atomic E-state index is 0.860. The van der Waals surface area contributed by atoms with Gasteiger partial charge < -0.3 is 8.83 Å².